The van der Waals surface area contributed by atoms with Crippen LogP contribution in [0.4, 0.5) is 0 Å². The van der Waals surface area contributed by atoms with Crippen molar-refractivity contribution < 1.29 is 19.4 Å². The molecular formula is C16H17N3O4. The minimum absolute atomic E-state index is 0.129. The number of rotatable bonds is 4. The van der Waals surface area contributed by atoms with Crippen molar-refractivity contribution in [1.82, 2.24) is 14.7 Å². The maximum absolute atomic E-state index is 12.7. The first-order chi connectivity index (χ1) is 11.1. The number of likely N-dealkylation sites (tertiary alicyclic amines) is 1. The van der Waals surface area contributed by atoms with E-state index < -0.39 is 17.9 Å². The van der Waals surface area contributed by atoms with E-state index in [2.05, 4.69) is 5.10 Å². The summed E-state index contributed by atoms with van der Waals surface area (Å²) in [5.41, 5.74) is 0.922. The van der Waals surface area contributed by atoms with Crippen molar-refractivity contribution in [3.8, 4) is 11.4 Å². The molecule has 1 atom stereocenters. The average Bonchev–Trinajstić information content (AvgIpc) is 3.22. The number of carboxylic acids is 1. The molecular weight excluding hydrogens is 298 g/mol. The third-order valence-corrected chi connectivity index (χ3v) is 3.92. The number of amides is 1. The fourth-order valence-electron chi connectivity index (χ4n) is 2.77. The molecule has 0 radical (unpaired) electrons. The number of aliphatic carboxylic acids is 1. The van der Waals surface area contributed by atoms with Gasteiger partial charge in [0.1, 0.15) is 6.04 Å². The Morgan fingerprint density at radius 2 is 2.04 bits per heavy atom. The van der Waals surface area contributed by atoms with Gasteiger partial charge in [0, 0.05) is 6.54 Å². The standard InChI is InChI=1S/C16H17N3O4/c1-23-13-10-19(11-6-3-2-4-7-11)17-14(13)15(20)18-9-5-8-12(18)16(21)22/h2-4,6-7,10,12H,5,8-9H2,1H3,(H,21,22). The predicted octanol–water partition coefficient (Wildman–Crippen LogP) is 1.57. The molecule has 1 saturated heterocycles. The number of carbonyl (C=O) groups excluding carboxylic acids is 1. The lowest BCUT2D eigenvalue weighted by molar-refractivity contribution is -0.141. The Labute approximate surface area is 133 Å². The van der Waals surface area contributed by atoms with Gasteiger partial charge in [-0.05, 0) is 25.0 Å². The Morgan fingerprint density at radius 1 is 1.30 bits per heavy atom. The molecule has 3 rings (SSSR count). The monoisotopic (exact) mass is 315 g/mol. The number of nitrogens with zero attached hydrogens (tertiary/aromatic N) is 3. The van der Waals surface area contributed by atoms with E-state index >= 15 is 0 Å². The van der Waals surface area contributed by atoms with Crippen LogP contribution in [-0.4, -0.2) is 51.4 Å². The lowest BCUT2D eigenvalue weighted by atomic mass is 10.2. The Balaban J connectivity index is 1.94. The van der Waals surface area contributed by atoms with Gasteiger partial charge in [-0.2, -0.15) is 5.10 Å². The van der Waals surface area contributed by atoms with Gasteiger partial charge >= 0.3 is 5.97 Å². The van der Waals surface area contributed by atoms with Crippen LogP contribution >= 0.6 is 0 Å². The van der Waals surface area contributed by atoms with E-state index in [9.17, 15) is 14.7 Å². The molecule has 0 saturated carbocycles. The van der Waals surface area contributed by atoms with Crippen LogP contribution in [0.1, 0.15) is 23.3 Å². The molecule has 1 aliphatic rings. The second-order valence-electron chi connectivity index (χ2n) is 5.32. The van der Waals surface area contributed by atoms with Gasteiger partial charge in [0.25, 0.3) is 5.91 Å². The number of carboxylic acid groups (broad SMARTS) is 1. The molecule has 1 N–H and O–H groups in total. The molecule has 0 bridgehead atoms. The van der Waals surface area contributed by atoms with Gasteiger partial charge in [-0.25, -0.2) is 9.48 Å². The number of ether oxygens (including phenoxy) is 1. The maximum atomic E-state index is 12.7. The third kappa shape index (κ3) is 2.77. The number of carbonyl (C=O) groups is 2. The summed E-state index contributed by atoms with van der Waals surface area (Å²) < 4.78 is 6.80. The Bertz CT molecular complexity index is 726. The predicted molar refractivity (Wildman–Crippen MR) is 81.8 cm³/mol. The summed E-state index contributed by atoms with van der Waals surface area (Å²) in [5.74, 6) is -1.08. The van der Waals surface area contributed by atoms with Gasteiger partial charge in [0.2, 0.25) is 0 Å². The zero-order valence-corrected chi connectivity index (χ0v) is 12.7. The summed E-state index contributed by atoms with van der Waals surface area (Å²) in [6, 6.07) is 8.54. The Morgan fingerprint density at radius 3 is 2.70 bits per heavy atom. The number of hydrogen-bond donors (Lipinski definition) is 1. The minimum atomic E-state index is -0.989. The van der Waals surface area contributed by atoms with Gasteiger partial charge in [-0.3, -0.25) is 4.79 Å². The first-order valence-corrected chi connectivity index (χ1v) is 7.34. The molecule has 1 aliphatic heterocycles. The summed E-state index contributed by atoms with van der Waals surface area (Å²) in [6.45, 7) is 0.414. The number of methoxy groups -OCH3 is 1. The number of aromatic nitrogens is 2. The van der Waals surface area contributed by atoms with Crippen molar-refractivity contribution in [3.63, 3.8) is 0 Å². The minimum Gasteiger partial charge on any atom is -0.493 e. The Kier molecular flexibility index (Phi) is 4.01. The lowest BCUT2D eigenvalue weighted by Gasteiger charge is -2.20. The van der Waals surface area contributed by atoms with Crippen LogP contribution in [0.2, 0.25) is 0 Å². The van der Waals surface area contributed by atoms with Crippen molar-refractivity contribution in [3.05, 3.63) is 42.2 Å². The molecule has 7 heteroatoms. The highest BCUT2D eigenvalue weighted by Gasteiger charge is 2.36. The van der Waals surface area contributed by atoms with Gasteiger partial charge in [0.15, 0.2) is 11.4 Å². The Hall–Kier alpha value is -2.83. The summed E-state index contributed by atoms with van der Waals surface area (Å²) in [4.78, 5) is 25.3. The molecule has 2 aromatic rings. The molecule has 1 unspecified atom stereocenters. The zero-order valence-electron chi connectivity index (χ0n) is 12.7. The number of hydrogen-bond acceptors (Lipinski definition) is 4. The van der Waals surface area contributed by atoms with Gasteiger partial charge < -0.3 is 14.7 Å². The lowest BCUT2D eigenvalue weighted by Crippen LogP contribution is -2.40. The topological polar surface area (TPSA) is 84.7 Å². The van der Waals surface area contributed by atoms with E-state index in [0.717, 1.165) is 5.69 Å². The SMILES string of the molecule is COc1cn(-c2ccccc2)nc1C(=O)N1CCCC1C(=O)O. The van der Waals surface area contributed by atoms with Crippen molar-refractivity contribution in [1.29, 1.82) is 0 Å². The number of para-hydroxylation sites is 1. The largest absolute Gasteiger partial charge is 0.493 e. The van der Waals surface area contributed by atoms with Crippen molar-refractivity contribution in [2.75, 3.05) is 13.7 Å². The summed E-state index contributed by atoms with van der Waals surface area (Å²) >= 11 is 0. The van der Waals surface area contributed by atoms with Gasteiger partial charge in [0.05, 0.1) is 19.0 Å². The third-order valence-electron chi connectivity index (χ3n) is 3.92. The number of benzene rings is 1. The van der Waals surface area contributed by atoms with Gasteiger partial charge in [-0.1, -0.05) is 18.2 Å². The van der Waals surface area contributed by atoms with Crippen LogP contribution in [0.25, 0.3) is 5.69 Å². The summed E-state index contributed by atoms with van der Waals surface area (Å²) in [7, 11) is 1.46. The molecule has 0 aliphatic carbocycles. The summed E-state index contributed by atoms with van der Waals surface area (Å²) in [5, 5.41) is 13.5. The van der Waals surface area contributed by atoms with Crippen LogP contribution in [0.3, 0.4) is 0 Å². The highest BCUT2D eigenvalue weighted by atomic mass is 16.5. The van der Waals surface area contributed by atoms with E-state index in [1.807, 2.05) is 30.3 Å². The van der Waals surface area contributed by atoms with E-state index in [0.29, 0.717) is 25.1 Å². The zero-order chi connectivity index (χ0) is 16.4. The highest BCUT2D eigenvalue weighted by molar-refractivity contribution is 5.97. The van der Waals surface area contributed by atoms with Crippen LogP contribution in [0.5, 0.6) is 5.75 Å². The van der Waals surface area contributed by atoms with Gasteiger partial charge in [-0.15, -0.1) is 0 Å². The molecule has 7 nitrogen and oxygen atoms in total. The highest BCUT2D eigenvalue weighted by Crippen LogP contribution is 2.25. The van der Waals surface area contributed by atoms with Crippen LogP contribution in [0, 0.1) is 0 Å². The second kappa shape index (κ2) is 6.12. The average molecular weight is 315 g/mol. The smallest absolute Gasteiger partial charge is 0.326 e. The molecule has 23 heavy (non-hydrogen) atoms. The molecule has 1 fully saturated rings. The molecule has 1 aromatic heterocycles. The first kappa shape index (κ1) is 15.1. The quantitative estimate of drug-likeness (QED) is 0.926. The van der Waals surface area contributed by atoms with E-state index in [1.54, 1.807) is 10.9 Å². The van der Waals surface area contributed by atoms with Crippen molar-refractivity contribution >= 4 is 11.9 Å². The maximum Gasteiger partial charge on any atom is 0.326 e. The fraction of sp³-hybridized carbons (Fsp3) is 0.312. The van der Waals surface area contributed by atoms with Crippen LogP contribution in [-0.2, 0) is 4.79 Å². The van der Waals surface area contributed by atoms with Crippen LogP contribution < -0.4 is 4.74 Å². The summed E-state index contributed by atoms with van der Waals surface area (Å²) in [6.07, 6.45) is 2.75. The normalized spacial score (nSPS) is 17.3. The van der Waals surface area contributed by atoms with Crippen LogP contribution in [0.15, 0.2) is 36.5 Å². The molecule has 2 heterocycles. The molecule has 0 spiro atoms. The second-order valence-corrected chi connectivity index (χ2v) is 5.32. The fourth-order valence-corrected chi connectivity index (χ4v) is 2.77. The molecule has 1 aromatic carbocycles. The molecule has 120 valence electrons. The first-order valence-electron chi connectivity index (χ1n) is 7.34. The van der Waals surface area contributed by atoms with E-state index in [-0.39, 0.29) is 5.69 Å². The van der Waals surface area contributed by atoms with Crippen molar-refractivity contribution in [2.45, 2.75) is 18.9 Å². The van der Waals surface area contributed by atoms with E-state index in [4.69, 9.17) is 4.74 Å². The van der Waals surface area contributed by atoms with E-state index in [1.165, 1.54) is 12.0 Å². The molecule has 1 amide bonds. The van der Waals surface area contributed by atoms with Crippen molar-refractivity contribution in [2.24, 2.45) is 0 Å².